The van der Waals surface area contributed by atoms with Gasteiger partial charge in [-0.25, -0.2) is 0 Å². The van der Waals surface area contributed by atoms with Crippen LogP contribution in [0.3, 0.4) is 0 Å². The summed E-state index contributed by atoms with van der Waals surface area (Å²) >= 11 is 1.29. The summed E-state index contributed by atoms with van der Waals surface area (Å²) in [6.45, 7) is 5.15. The summed E-state index contributed by atoms with van der Waals surface area (Å²) in [5, 5.41) is 21.3. The summed E-state index contributed by atoms with van der Waals surface area (Å²) in [7, 11) is 1.95. The molecule has 0 bridgehead atoms. The van der Waals surface area contributed by atoms with Gasteiger partial charge < -0.3 is 10.4 Å². The van der Waals surface area contributed by atoms with Crippen molar-refractivity contribution in [3.63, 3.8) is 0 Å². The third kappa shape index (κ3) is 5.70. The number of aromatic nitrogens is 2. The number of hydrogen-bond donors (Lipinski definition) is 2. The lowest BCUT2D eigenvalue weighted by atomic mass is 10.2. The maximum Gasteiger partial charge on any atom is 0.286 e. The molecule has 1 unspecified atom stereocenters. The first kappa shape index (κ1) is 17.5. The Hall–Kier alpha value is -1.83. The Bertz CT molecular complexity index is 640. The maximum atomic E-state index is 12.2. The molecule has 124 valence electrons. The van der Waals surface area contributed by atoms with E-state index in [1.807, 2.05) is 38.2 Å². The molecule has 2 aromatic rings. The van der Waals surface area contributed by atoms with Gasteiger partial charge in [0.25, 0.3) is 5.91 Å². The molecule has 0 aliphatic carbocycles. The van der Waals surface area contributed by atoms with Crippen LogP contribution < -0.4 is 5.32 Å². The van der Waals surface area contributed by atoms with Crippen LogP contribution >= 0.6 is 11.3 Å². The first-order valence-corrected chi connectivity index (χ1v) is 8.32. The minimum Gasteiger partial charge on any atom is -0.393 e. The number of aliphatic hydroxyl groups excluding tert-OH is 1. The van der Waals surface area contributed by atoms with Crippen molar-refractivity contribution in [2.45, 2.75) is 32.9 Å². The molecule has 1 atom stereocenters. The Morgan fingerprint density at radius 1 is 1.35 bits per heavy atom. The van der Waals surface area contributed by atoms with E-state index in [9.17, 15) is 9.90 Å². The monoisotopic (exact) mass is 334 g/mol. The van der Waals surface area contributed by atoms with Crippen LogP contribution in [-0.2, 0) is 6.54 Å². The SMILES string of the molecule is Cc1ccc(NC(=O)c2nnc(CN(C)CCC(C)O)s2)cc1. The minimum atomic E-state index is -0.317. The van der Waals surface area contributed by atoms with Crippen molar-refractivity contribution in [2.24, 2.45) is 0 Å². The van der Waals surface area contributed by atoms with E-state index < -0.39 is 0 Å². The number of aryl methyl sites for hydroxylation is 1. The molecule has 1 amide bonds. The third-order valence-corrected chi connectivity index (χ3v) is 4.21. The smallest absolute Gasteiger partial charge is 0.286 e. The fraction of sp³-hybridized carbons (Fsp3) is 0.438. The van der Waals surface area contributed by atoms with Crippen molar-refractivity contribution in [3.05, 3.63) is 39.8 Å². The number of nitrogens with zero attached hydrogens (tertiary/aromatic N) is 3. The van der Waals surface area contributed by atoms with Crippen molar-refractivity contribution < 1.29 is 9.90 Å². The molecule has 0 aliphatic heterocycles. The molecule has 7 heteroatoms. The number of amides is 1. The second kappa shape index (κ2) is 8.14. The summed E-state index contributed by atoms with van der Waals surface area (Å²) in [5.74, 6) is -0.246. The van der Waals surface area contributed by atoms with Gasteiger partial charge in [0, 0.05) is 12.2 Å². The number of carbonyl (C=O) groups excluding carboxylic acids is 1. The van der Waals surface area contributed by atoms with Crippen molar-refractivity contribution in [2.75, 3.05) is 18.9 Å². The van der Waals surface area contributed by atoms with Crippen molar-refractivity contribution in [1.29, 1.82) is 0 Å². The van der Waals surface area contributed by atoms with Crippen LogP contribution in [0.1, 0.15) is 33.7 Å². The van der Waals surface area contributed by atoms with Gasteiger partial charge in [-0.1, -0.05) is 29.0 Å². The van der Waals surface area contributed by atoms with Crippen LogP contribution in [0.4, 0.5) is 5.69 Å². The van der Waals surface area contributed by atoms with Gasteiger partial charge in [0.15, 0.2) is 0 Å². The fourth-order valence-corrected chi connectivity index (χ4v) is 2.76. The van der Waals surface area contributed by atoms with Gasteiger partial charge in [0.1, 0.15) is 5.01 Å². The molecule has 6 nitrogen and oxygen atoms in total. The molecule has 0 saturated heterocycles. The Labute approximate surface area is 140 Å². The predicted octanol–water partition coefficient (Wildman–Crippen LogP) is 2.30. The van der Waals surface area contributed by atoms with Crippen LogP contribution in [0.5, 0.6) is 0 Å². The van der Waals surface area contributed by atoms with Crippen LogP contribution in [0.15, 0.2) is 24.3 Å². The molecule has 0 radical (unpaired) electrons. The summed E-state index contributed by atoms with van der Waals surface area (Å²) in [4.78, 5) is 14.2. The highest BCUT2D eigenvalue weighted by molar-refractivity contribution is 7.13. The van der Waals surface area contributed by atoms with E-state index >= 15 is 0 Å². The number of anilines is 1. The highest BCUT2D eigenvalue weighted by Gasteiger charge is 2.14. The van der Waals surface area contributed by atoms with E-state index in [-0.39, 0.29) is 12.0 Å². The van der Waals surface area contributed by atoms with Crippen LogP contribution in [0.25, 0.3) is 0 Å². The maximum absolute atomic E-state index is 12.2. The van der Waals surface area contributed by atoms with Crippen molar-refractivity contribution >= 4 is 22.9 Å². The van der Waals surface area contributed by atoms with E-state index in [1.165, 1.54) is 11.3 Å². The molecular formula is C16H22N4O2S. The van der Waals surface area contributed by atoms with Gasteiger partial charge in [-0.3, -0.25) is 9.69 Å². The first-order chi connectivity index (χ1) is 10.9. The fourth-order valence-electron chi connectivity index (χ4n) is 1.95. The summed E-state index contributed by atoms with van der Waals surface area (Å²) in [5.41, 5.74) is 1.88. The van der Waals surface area contributed by atoms with Gasteiger partial charge in [-0.05, 0) is 39.4 Å². The Morgan fingerprint density at radius 3 is 2.70 bits per heavy atom. The van der Waals surface area contributed by atoms with Gasteiger partial charge in [0.05, 0.1) is 12.6 Å². The molecule has 1 aromatic heterocycles. The molecule has 1 aromatic carbocycles. The number of rotatable bonds is 7. The zero-order valence-electron chi connectivity index (χ0n) is 13.6. The van der Waals surface area contributed by atoms with Crippen LogP contribution in [0.2, 0.25) is 0 Å². The lowest BCUT2D eigenvalue weighted by Crippen LogP contribution is -2.21. The second-order valence-electron chi connectivity index (χ2n) is 5.70. The lowest BCUT2D eigenvalue weighted by Gasteiger charge is -2.15. The molecule has 2 rings (SSSR count). The summed E-state index contributed by atoms with van der Waals surface area (Å²) in [6.07, 6.45) is 0.388. The van der Waals surface area contributed by atoms with Crippen LogP contribution in [0, 0.1) is 6.92 Å². The van der Waals surface area contributed by atoms with Gasteiger partial charge >= 0.3 is 0 Å². The van der Waals surface area contributed by atoms with E-state index in [0.29, 0.717) is 18.0 Å². The summed E-state index contributed by atoms with van der Waals surface area (Å²) in [6, 6.07) is 7.61. The topological polar surface area (TPSA) is 78.4 Å². The highest BCUT2D eigenvalue weighted by atomic mass is 32.1. The van der Waals surface area contributed by atoms with E-state index in [1.54, 1.807) is 6.92 Å². The van der Waals surface area contributed by atoms with E-state index in [4.69, 9.17) is 0 Å². The Kier molecular flexibility index (Phi) is 6.20. The highest BCUT2D eigenvalue weighted by Crippen LogP contribution is 2.15. The van der Waals surface area contributed by atoms with Gasteiger partial charge in [-0.15, -0.1) is 10.2 Å². The molecule has 1 heterocycles. The van der Waals surface area contributed by atoms with Crippen molar-refractivity contribution in [3.8, 4) is 0 Å². The minimum absolute atomic E-state index is 0.246. The summed E-state index contributed by atoms with van der Waals surface area (Å²) < 4.78 is 0. The zero-order chi connectivity index (χ0) is 16.8. The largest absolute Gasteiger partial charge is 0.393 e. The average molecular weight is 334 g/mol. The standard InChI is InChI=1S/C16H22N4O2S/c1-11-4-6-13(7-5-11)17-15(22)16-19-18-14(23-16)10-20(3)9-8-12(2)21/h4-7,12,21H,8-10H2,1-3H3,(H,17,22). The molecule has 0 spiro atoms. The average Bonchev–Trinajstić information content (AvgIpc) is 2.96. The number of aliphatic hydroxyl groups is 1. The Morgan fingerprint density at radius 2 is 2.04 bits per heavy atom. The lowest BCUT2D eigenvalue weighted by molar-refractivity contribution is 0.102. The van der Waals surface area contributed by atoms with Gasteiger partial charge in [-0.2, -0.15) is 0 Å². The number of benzene rings is 1. The molecule has 0 aliphatic rings. The molecule has 0 fully saturated rings. The number of hydrogen-bond acceptors (Lipinski definition) is 6. The van der Waals surface area contributed by atoms with E-state index in [0.717, 1.165) is 22.8 Å². The molecule has 0 saturated carbocycles. The zero-order valence-corrected chi connectivity index (χ0v) is 14.4. The predicted molar refractivity (Wildman–Crippen MR) is 91.7 cm³/mol. The first-order valence-electron chi connectivity index (χ1n) is 7.51. The van der Waals surface area contributed by atoms with Crippen LogP contribution in [-0.4, -0.2) is 45.8 Å². The number of carbonyl (C=O) groups is 1. The van der Waals surface area contributed by atoms with Gasteiger partial charge in [0.2, 0.25) is 5.01 Å². The quantitative estimate of drug-likeness (QED) is 0.812. The second-order valence-corrected chi connectivity index (χ2v) is 6.76. The Balaban J connectivity index is 1.90. The van der Waals surface area contributed by atoms with Crippen molar-refractivity contribution in [1.82, 2.24) is 15.1 Å². The molecular weight excluding hydrogens is 312 g/mol. The number of nitrogens with one attached hydrogen (secondary N) is 1. The van der Waals surface area contributed by atoms with E-state index in [2.05, 4.69) is 20.4 Å². The third-order valence-electron chi connectivity index (χ3n) is 3.30. The molecule has 23 heavy (non-hydrogen) atoms. The normalized spacial score (nSPS) is 12.4. The molecule has 2 N–H and O–H groups in total.